The highest BCUT2D eigenvalue weighted by atomic mass is 19.4. The van der Waals surface area contributed by atoms with Crippen LogP contribution in [-0.4, -0.2) is 32.3 Å². The summed E-state index contributed by atoms with van der Waals surface area (Å²) in [5.74, 6) is -2.75. The number of halogens is 3. The zero-order chi connectivity index (χ0) is 15.1. The number of nitrogens with one attached hydrogen (secondary N) is 1. The quantitative estimate of drug-likeness (QED) is 0.876. The van der Waals surface area contributed by atoms with E-state index in [9.17, 15) is 22.8 Å². The van der Waals surface area contributed by atoms with Crippen LogP contribution in [0.15, 0.2) is 17.2 Å². The monoisotopic (exact) mass is 291 g/mol. The molecule has 0 radical (unpaired) electrons. The normalized spacial score (nSPS) is 18.4. The van der Waals surface area contributed by atoms with Crippen molar-refractivity contribution >= 4 is 11.8 Å². The Morgan fingerprint density at radius 2 is 2.10 bits per heavy atom. The molecular weight excluding hydrogens is 279 g/mol. The first kappa shape index (κ1) is 14.4. The summed E-state index contributed by atoms with van der Waals surface area (Å²) in [7, 11) is 0. The van der Waals surface area contributed by atoms with Gasteiger partial charge in [-0.25, -0.2) is 9.78 Å². The van der Waals surface area contributed by atoms with Crippen molar-refractivity contribution in [3.05, 3.63) is 22.7 Å². The van der Waals surface area contributed by atoms with E-state index >= 15 is 0 Å². The molecule has 1 aliphatic rings. The van der Waals surface area contributed by atoms with Crippen LogP contribution < -0.4 is 10.9 Å². The maximum atomic E-state index is 12.9. The molecule has 110 valence electrons. The van der Waals surface area contributed by atoms with Gasteiger partial charge in [-0.3, -0.25) is 4.79 Å². The highest BCUT2D eigenvalue weighted by Crippen LogP contribution is 2.34. The predicted octanol–water partition coefficient (Wildman–Crippen LogP) is 1.40. The van der Waals surface area contributed by atoms with E-state index in [4.69, 9.17) is 5.11 Å². The first-order valence-electron chi connectivity index (χ1n) is 5.82. The minimum absolute atomic E-state index is 0.0481. The molecule has 20 heavy (non-hydrogen) atoms. The van der Waals surface area contributed by atoms with Crippen LogP contribution in [0, 0.1) is 0 Å². The molecule has 1 unspecified atom stereocenters. The van der Waals surface area contributed by atoms with Crippen LogP contribution >= 0.6 is 0 Å². The number of rotatable bonds is 4. The molecular formula is C11H12F3N3O3. The number of carboxylic acid groups (broad SMARTS) is 1. The molecule has 0 bridgehead atoms. The largest absolute Gasteiger partial charge is 0.479 e. The zero-order valence-corrected chi connectivity index (χ0v) is 10.4. The molecule has 1 heterocycles. The van der Waals surface area contributed by atoms with Crippen LogP contribution in [0.1, 0.15) is 25.8 Å². The molecule has 1 aliphatic carbocycles. The molecule has 1 fully saturated rings. The third-order valence-corrected chi connectivity index (χ3v) is 3.17. The second-order valence-corrected chi connectivity index (χ2v) is 4.77. The fraction of sp³-hybridized carbons (Fsp3) is 0.545. The molecule has 1 atom stereocenters. The number of carbonyl (C=O) groups is 1. The number of aliphatic carboxylic acids is 1. The van der Waals surface area contributed by atoms with Gasteiger partial charge in [0.2, 0.25) is 5.54 Å². The lowest BCUT2D eigenvalue weighted by Crippen LogP contribution is -2.56. The van der Waals surface area contributed by atoms with Gasteiger partial charge in [0, 0.05) is 18.4 Å². The van der Waals surface area contributed by atoms with Crippen molar-refractivity contribution < 1.29 is 23.1 Å². The molecule has 1 aromatic rings. The van der Waals surface area contributed by atoms with Gasteiger partial charge in [-0.1, -0.05) is 0 Å². The SMILES string of the molecule is CC(Nc1nccn(C2CC2)c1=O)(C(=O)O)C(F)(F)F. The van der Waals surface area contributed by atoms with Gasteiger partial charge in [0.05, 0.1) is 0 Å². The first-order chi connectivity index (χ1) is 9.17. The Morgan fingerprint density at radius 3 is 2.55 bits per heavy atom. The molecule has 0 aromatic carbocycles. The standard InChI is InChI=1S/C11H12F3N3O3/c1-10(9(19)20,11(12,13)14)16-7-8(18)17(5-4-15-7)6-2-3-6/h4-6H,2-3H2,1H3,(H,15,16)(H,19,20). The molecule has 1 saturated carbocycles. The van der Waals surface area contributed by atoms with Gasteiger partial charge >= 0.3 is 12.1 Å². The van der Waals surface area contributed by atoms with E-state index in [1.165, 1.54) is 17.0 Å². The molecule has 2 N–H and O–H groups in total. The van der Waals surface area contributed by atoms with Crippen LogP contribution in [0.25, 0.3) is 0 Å². The molecule has 1 aromatic heterocycles. The van der Waals surface area contributed by atoms with E-state index in [1.54, 1.807) is 5.32 Å². The van der Waals surface area contributed by atoms with E-state index in [1.807, 2.05) is 0 Å². The lowest BCUT2D eigenvalue weighted by atomic mass is 10.0. The van der Waals surface area contributed by atoms with Crippen molar-refractivity contribution in [2.45, 2.75) is 37.5 Å². The summed E-state index contributed by atoms with van der Waals surface area (Å²) in [5.41, 5.74) is -4.03. The van der Waals surface area contributed by atoms with E-state index in [0.29, 0.717) is 6.92 Å². The van der Waals surface area contributed by atoms with Crippen molar-refractivity contribution in [1.82, 2.24) is 9.55 Å². The topological polar surface area (TPSA) is 84.2 Å². The van der Waals surface area contributed by atoms with E-state index in [0.717, 1.165) is 12.8 Å². The summed E-state index contributed by atoms with van der Waals surface area (Å²) >= 11 is 0. The number of hydrogen-bond acceptors (Lipinski definition) is 4. The number of hydrogen-bond donors (Lipinski definition) is 2. The fourth-order valence-corrected chi connectivity index (χ4v) is 1.63. The van der Waals surface area contributed by atoms with E-state index in [2.05, 4.69) is 4.98 Å². The third-order valence-electron chi connectivity index (χ3n) is 3.17. The number of alkyl halides is 3. The summed E-state index contributed by atoms with van der Waals surface area (Å²) in [6.07, 6.45) is -1.01. The number of carboxylic acids is 1. The van der Waals surface area contributed by atoms with Crippen LogP contribution in [-0.2, 0) is 4.79 Å². The van der Waals surface area contributed by atoms with Crippen molar-refractivity contribution in [3.8, 4) is 0 Å². The van der Waals surface area contributed by atoms with Gasteiger partial charge in [-0.15, -0.1) is 0 Å². The fourth-order valence-electron chi connectivity index (χ4n) is 1.63. The molecule has 9 heteroatoms. The summed E-state index contributed by atoms with van der Waals surface area (Å²) in [5, 5.41) is 10.5. The van der Waals surface area contributed by atoms with Gasteiger partial charge in [0.25, 0.3) is 5.56 Å². The Morgan fingerprint density at radius 1 is 1.50 bits per heavy atom. The first-order valence-corrected chi connectivity index (χ1v) is 5.82. The smallest absolute Gasteiger partial charge is 0.422 e. The van der Waals surface area contributed by atoms with Gasteiger partial charge in [-0.2, -0.15) is 13.2 Å². The maximum Gasteiger partial charge on any atom is 0.422 e. The summed E-state index contributed by atoms with van der Waals surface area (Å²) in [6.45, 7) is 0.449. The Hall–Kier alpha value is -2.06. The van der Waals surface area contributed by atoms with Crippen molar-refractivity contribution in [3.63, 3.8) is 0 Å². The zero-order valence-electron chi connectivity index (χ0n) is 10.4. The van der Waals surface area contributed by atoms with Gasteiger partial charge < -0.3 is 15.0 Å². The van der Waals surface area contributed by atoms with Gasteiger partial charge in [-0.05, 0) is 19.8 Å². The average Bonchev–Trinajstić information content (AvgIpc) is 3.14. The van der Waals surface area contributed by atoms with Gasteiger partial charge in [0.1, 0.15) is 0 Å². The third kappa shape index (κ3) is 2.35. The second-order valence-electron chi connectivity index (χ2n) is 4.77. The van der Waals surface area contributed by atoms with Crippen LogP contribution in [0.2, 0.25) is 0 Å². The van der Waals surface area contributed by atoms with Crippen molar-refractivity contribution in [2.24, 2.45) is 0 Å². The Labute approximate surface area is 111 Å². The summed E-state index contributed by atoms with van der Waals surface area (Å²) < 4.78 is 39.8. The van der Waals surface area contributed by atoms with E-state index < -0.39 is 29.1 Å². The molecule has 0 amide bonds. The highest BCUT2D eigenvalue weighted by Gasteiger charge is 2.58. The average molecular weight is 291 g/mol. The molecule has 0 spiro atoms. The van der Waals surface area contributed by atoms with Crippen molar-refractivity contribution in [1.29, 1.82) is 0 Å². The molecule has 6 nitrogen and oxygen atoms in total. The Balaban J connectivity index is 2.40. The summed E-state index contributed by atoms with van der Waals surface area (Å²) in [4.78, 5) is 26.4. The van der Waals surface area contributed by atoms with E-state index in [-0.39, 0.29) is 6.04 Å². The lowest BCUT2D eigenvalue weighted by Gasteiger charge is -2.28. The lowest BCUT2D eigenvalue weighted by molar-refractivity contribution is -0.193. The van der Waals surface area contributed by atoms with Crippen molar-refractivity contribution in [2.75, 3.05) is 5.32 Å². The number of nitrogens with zero attached hydrogens (tertiary/aromatic N) is 2. The van der Waals surface area contributed by atoms with Crippen LogP contribution in [0.5, 0.6) is 0 Å². The predicted molar refractivity (Wildman–Crippen MR) is 62.5 cm³/mol. The number of aromatic nitrogens is 2. The maximum absolute atomic E-state index is 12.9. The van der Waals surface area contributed by atoms with Crippen LogP contribution in [0.3, 0.4) is 0 Å². The Kier molecular flexibility index (Phi) is 3.23. The molecule has 2 rings (SSSR count). The minimum Gasteiger partial charge on any atom is -0.479 e. The Bertz CT molecular complexity index is 595. The number of anilines is 1. The molecule has 0 aliphatic heterocycles. The second kappa shape index (κ2) is 4.50. The van der Waals surface area contributed by atoms with Gasteiger partial charge in [0.15, 0.2) is 5.82 Å². The minimum atomic E-state index is -5.08. The molecule has 0 saturated heterocycles. The van der Waals surface area contributed by atoms with Crippen LogP contribution in [0.4, 0.5) is 19.0 Å². The summed E-state index contributed by atoms with van der Waals surface area (Å²) in [6, 6.07) is -0.0481. The highest BCUT2D eigenvalue weighted by molar-refractivity contribution is 5.83.